The Morgan fingerprint density at radius 1 is 1.03 bits per heavy atom. The molecule has 0 N–H and O–H groups in total. The number of anilines is 1. The molecule has 0 saturated carbocycles. The molecule has 4 rings (SSSR count). The number of Topliss-reactive ketones (excluding diaryl/α,β-unsaturated/α-hetero) is 1. The lowest BCUT2D eigenvalue weighted by Crippen LogP contribution is -2.48. The number of pyridine rings is 1. The van der Waals surface area contributed by atoms with Crippen LogP contribution in [0.3, 0.4) is 0 Å². The number of carbonyl (C=O) groups excluding carboxylic acids is 1. The molecule has 2 heterocycles. The van der Waals surface area contributed by atoms with Crippen molar-refractivity contribution in [1.29, 1.82) is 0 Å². The van der Waals surface area contributed by atoms with Crippen LogP contribution in [0, 0.1) is 0 Å². The molecule has 0 bridgehead atoms. The molecule has 30 heavy (non-hydrogen) atoms. The van der Waals surface area contributed by atoms with Gasteiger partial charge < -0.3 is 4.90 Å². The van der Waals surface area contributed by atoms with Gasteiger partial charge in [-0.25, -0.2) is 8.42 Å². The van der Waals surface area contributed by atoms with E-state index in [9.17, 15) is 13.2 Å². The van der Waals surface area contributed by atoms with Crippen molar-refractivity contribution in [3.8, 4) is 0 Å². The molecule has 1 aromatic heterocycles. The summed E-state index contributed by atoms with van der Waals surface area (Å²) in [6, 6.07) is 14.2. The van der Waals surface area contributed by atoms with E-state index in [0.717, 1.165) is 22.2 Å². The summed E-state index contributed by atoms with van der Waals surface area (Å²) >= 11 is 6.08. The first-order valence-corrected chi connectivity index (χ1v) is 11.5. The third kappa shape index (κ3) is 4.19. The van der Waals surface area contributed by atoms with Crippen LogP contribution >= 0.6 is 11.6 Å². The highest BCUT2D eigenvalue weighted by Crippen LogP contribution is 2.29. The van der Waals surface area contributed by atoms with Gasteiger partial charge in [-0.2, -0.15) is 4.31 Å². The second-order valence-corrected chi connectivity index (χ2v) is 9.78. The van der Waals surface area contributed by atoms with E-state index in [2.05, 4.69) is 9.88 Å². The van der Waals surface area contributed by atoms with Crippen LogP contribution in [0.25, 0.3) is 10.9 Å². The van der Waals surface area contributed by atoms with Gasteiger partial charge in [0.2, 0.25) is 10.0 Å². The van der Waals surface area contributed by atoms with Gasteiger partial charge in [0, 0.05) is 54.9 Å². The molecular weight excluding hydrogens is 422 g/mol. The molecule has 3 aromatic rings. The molecule has 1 fully saturated rings. The summed E-state index contributed by atoms with van der Waals surface area (Å²) in [7, 11) is -3.57. The summed E-state index contributed by atoms with van der Waals surface area (Å²) in [5.41, 5.74) is 2.67. The number of nitrogens with zero attached hydrogens (tertiary/aromatic N) is 3. The zero-order chi connectivity index (χ0) is 21.3. The summed E-state index contributed by atoms with van der Waals surface area (Å²) in [5, 5.41) is 1.64. The van der Waals surface area contributed by atoms with Gasteiger partial charge in [-0.05, 0) is 48.9 Å². The van der Waals surface area contributed by atoms with E-state index in [1.54, 1.807) is 30.5 Å². The minimum Gasteiger partial charge on any atom is -0.368 e. The highest BCUT2D eigenvalue weighted by molar-refractivity contribution is 7.89. The van der Waals surface area contributed by atoms with Gasteiger partial charge in [0.1, 0.15) is 5.78 Å². The molecule has 156 valence electrons. The Labute approximate surface area is 181 Å². The van der Waals surface area contributed by atoms with Gasteiger partial charge in [-0.1, -0.05) is 23.7 Å². The number of hydrogen-bond acceptors (Lipinski definition) is 5. The SMILES string of the molecule is CC(=O)Cc1ccc(S(=O)(=O)N2CCN(c3ccnc4cc(Cl)ccc34)CC2)cc1. The van der Waals surface area contributed by atoms with Crippen LogP contribution in [-0.4, -0.2) is 49.7 Å². The Balaban J connectivity index is 1.50. The monoisotopic (exact) mass is 443 g/mol. The smallest absolute Gasteiger partial charge is 0.243 e. The predicted molar refractivity (Wildman–Crippen MR) is 119 cm³/mol. The average molecular weight is 444 g/mol. The van der Waals surface area contributed by atoms with Crippen LogP contribution in [0.5, 0.6) is 0 Å². The molecule has 0 unspecified atom stereocenters. The fraction of sp³-hybridized carbons (Fsp3) is 0.273. The second-order valence-electron chi connectivity index (χ2n) is 7.41. The summed E-state index contributed by atoms with van der Waals surface area (Å²) in [4.78, 5) is 18.1. The normalized spacial score (nSPS) is 15.5. The van der Waals surface area contributed by atoms with Crippen molar-refractivity contribution in [3.05, 3.63) is 65.3 Å². The summed E-state index contributed by atoms with van der Waals surface area (Å²) < 4.78 is 27.6. The van der Waals surface area contributed by atoms with Crippen LogP contribution in [0.1, 0.15) is 12.5 Å². The minimum absolute atomic E-state index is 0.0487. The number of hydrogen-bond donors (Lipinski definition) is 0. The highest BCUT2D eigenvalue weighted by atomic mass is 35.5. The van der Waals surface area contributed by atoms with Crippen LogP contribution in [-0.2, 0) is 21.2 Å². The van der Waals surface area contributed by atoms with E-state index in [4.69, 9.17) is 11.6 Å². The van der Waals surface area contributed by atoms with Crippen molar-refractivity contribution in [2.24, 2.45) is 0 Å². The lowest BCUT2D eigenvalue weighted by molar-refractivity contribution is -0.116. The fourth-order valence-electron chi connectivity index (χ4n) is 3.77. The molecule has 0 radical (unpaired) electrons. The number of rotatable bonds is 5. The topological polar surface area (TPSA) is 70.6 Å². The number of halogens is 1. The standard InChI is InChI=1S/C22H22ClN3O3S/c1-16(27)14-17-2-5-19(6-3-17)30(28,29)26-12-10-25(11-13-26)22-8-9-24-21-15-18(23)4-7-20(21)22/h2-9,15H,10-14H2,1H3. The van der Waals surface area contributed by atoms with Gasteiger partial charge in [0.15, 0.2) is 0 Å². The number of fused-ring (bicyclic) bond motifs is 1. The lowest BCUT2D eigenvalue weighted by atomic mass is 10.1. The first-order valence-electron chi connectivity index (χ1n) is 9.72. The van der Waals surface area contributed by atoms with Gasteiger partial charge in [0.25, 0.3) is 0 Å². The predicted octanol–water partition coefficient (Wildman–Crippen LogP) is 3.53. The summed E-state index contributed by atoms with van der Waals surface area (Å²) in [5.74, 6) is 0.0487. The Morgan fingerprint density at radius 3 is 2.40 bits per heavy atom. The molecular formula is C22H22ClN3O3S. The molecule has 0 aliphatic carbocycles. The average Bonchev–Trinajstić information content (AvgIpc) is 2.73. The van der Waals surface area contributed by atoms with Gasteiger partial charge in [-0.3, -0.25) is 9.78 Å². The zero-order valence-electron chi connectivity index (χ0n) is 16.6. The van der Waals surface area contributed by atoms with E-state index in [0.29, 0.717) is 37.6 Å². The maximum Gasteiger partial charge on any atom is 0.243 e. The first kappa shape index (κ1) is 20.8. The Bertz CT molecular complexity index is 1190. The fourth-order valence-corrected chi connectivity index (χ4v) is 5.36. The van der Waals surface area contributed by atoms with E-state index in [1.807, 2.05) is 24.3 Å². The second kappa shape index (κ2) is 8.34. The van der Waals surface area contributed by atoms with Gasteiger partial charge in [0.05, 0.1) is 10.4 Å². The maximum atomic E-state index is 13.0. The molecule has 1 saturated heterocycles. The highest BCUT2D eigenvalue weighted by Gasteiger charge is 2.29. The van der Waals surface area contributed by atoms with E-state index < -0.39 is 10.0 Å². The maximum absolute atomic E-state index is 13.0. The number of ketones is 1. The largest absolute Gasteiger partial charge is 0.368 e. The minimum atomic E-state index is -3.57. The van der Waals surface area contributed by atoms with Crippen LogP contribution in [0.2, 0.25) is 5.02 Å². The lowest BCUT2D eigenvalue weighted by Gasteiger charge is -2.35. The van der Waals surface area contributed by atoms with Gasteiger partial charge >= 0.3 is 0 Å². The molecule has 0 amide bonds. The number of carbonyl (C=O) groups is 1. The van der Waals surface area contributed by atoms with Crippen LogP contribution in [0.15, 0.2) is 59.6 Å². The van der Waals surface area contributed by atoms with E-state index >= 15 is 0 Å². The molecule has 8 heteroatoms. The van der Waals surface area contributed by atoms with Crippen LogP contribution in [0.4, 0.5) is 5.69 Å². The van der Waals surface area contributed by atoms with Crippen molar-refractivity contribution < 1.29 is 13.2 Å². The van der Waals surface area contributed by atoms with Crippen molar-refractivity contribution in [2.75, 3.05) is 31.1 Å². The molecule has 0 atom stereocenters. The third-order valence-electron chi connectivity index (χ3n) is 5.28. The molecule has 1 aliphatic heterocycles. The Morgan fingerprint density at radius 2 is 1.73 bits per heavy atom. The first-order chi connectivity index (χ1) is 14.3. The number of benzene rings is 2. The zero-order valence-corrected chi connectivity index (χ0v) is 18.2. The summed E-state index contributed by atoms with van der Waals surface area (Å²) in [6.45, 7) is 3.49. The van der Waals surface area contributed by atoms with Crippen molar-refractivity contribution in [1.82, 2.24) is 9.29 Å². The van der Waals surface area contributed by atoms with E-state index in [1.165, 1.54) is 11.2 Å². The van der Waals surface area contributed by atoms with E-state index in [-0.39, 0.29) is 10.7 Å². The Kier molecular flexibility index (Phi) is 5.77. The number of aromatic nitrogens is 1. The molecule has 0 spiro atoms. The molecule has 6 nitrogen and oxygen atoms in total. The van der Waals surface area contributed by atoms with Crippen molar-refractivity contribution in [2.45, 2.75) is 18.2 Å². The third-order valence-corrected chi connectivity index (χ3v) is 7.42. The number of piperazine rings is 1. The van der Waals surface area contributed by atoms with Crippen molar-refractivity contribution >= 4 is 44.0 Å². The van der Waals surface area contributed by atoms with Gasteiger partial charge in [-0.15, -0.1) is 0 Å². The Hall–Kier alpha value is -2.48. The van der Waals surface area contributed by atoms with Crippen molar-refractivity contribution in [3.63, 3.8) is 0 Å². The molecule has 1 aliphatic rings. The summed E-state index contributed by atoms with van der Waals surface area (Å²) in [6.07, 6.45) is 2.06. The van der Waals surface area contributed by atoms with Crippen LogP contribution < -0.4 is 4.90 Å². The molecule has 2 aromatic carbocycles. The quantitative estimate of drug-likeness (QED) is 0.603. The number of sulfonamides is 1.